The molecule has 12 heavy (non-hydrogen) atoms. The molecule has 1 N–H and O–H groups in total. The fraction of sp³-hybridized carbons (Fsp3) is 0.900. The van der Waals surface area contributed by atoms with E-state index in [0.717, 1.165) is 12.3 Å². The molecule has 0 rings (SSSR count). The van der Waals surface area contributed by atoms with E-state index in [1.165, 1.54) is 19.3 Å². The van der Waals surface area contributed by atoms with E-state index in [4.69, 9.17) is 5.21 Å². The van der Waals surface area contributed by atoms with Gasteiger partial charge in [-0.25, -0.2) is 0 Å². The van der Waals surface area contributed by atoms with Crippen LogP contribution in [0, 0.1) is 11.8 Å². The molecule has 0 radical (unpaired) electrons. The molecule has 0 spiro atoms. The summed E-state index contributed by atoms with van der Waals surface area (Å²) >= 11 is 0. The standard InChI is InChI=1S/C10H21NO/c1-9(2)5-4-6-10(3)7-8-11-12/h8-10,12H,4-7H2,1-3H3/b11-8+/t10-/m1/s1. The van der Waals surface area contributed by atoms with Crippen molar-refractivity contribution in [2.45, 2.75) is 46.5 Å². The average Bonchev–Trinajstić information content (AvgIpc) is 2.00. The molecule has 1 atom stereocenters. The molecule has 0 bridgehead atoms. The highest BCUT2D eigenvalue weighted by Gasteiger charge is 2.01. The van der Waals surface area contributed by atoms with Gasteiger partial charge < -0.3 is 5.21 Å². The van der Waals surface area contributed by atoms with E-state index in [9.17, 15) is 0 Å². The van der Waals surface area contributed by atoms with Crippen LogP contribution >= 0.6 is 0 Å². The third-order valence-corrected chi connectivity index (χ3v) is 2.07. The number of rotatable bonds is 6. The van der Waals surface area contributed by atoms with Crippen LogP contribution < -0.4 is 0 Å². The largest absolute Gasteiger partial charge is 0.411 e. The van der Waals surface area contributed by atoms with Crippen LogP contribution in [0.1, 0.15) is 46.5 Å². The fourth-order valence-corrected chi connectivity index (χ4v) is 1.22. The van der Waals surface area contributed by atoms with Crippen LogP contribution in [0.5, 0.6) is 0 Å². The van der Waals surface area contributed by atoms with Gasteiger partial charge in [0, 0.05) is 6.21 Å². The molecule has 0 amide bonds. The summed E-state index contributed by atoms with van der Waals surface area (Å²) in [4.78, 5) is 0. The Bertz CT molecular complexity index is 121. The summed E-state index contributed by atoms with van der Waals surface area (Å²) in [6.45, 7) is 6.70. The molecular weight excluding hydrogens is 150 g/mol. The zero-order valence-electron chi connectivity index (χ0n) is 8.45. The average molecular weight is 171 g/mol. The van der Waals surface area contributed by atoms with Gasteiger partial charge in [0.05, 0.1) is 0 Å². The maximum absolute atomic E-state index is 8.20. The molecule has 0 aromatic heterocycles. The Morgan fingerprint density at radius 1 is 1.25 bits per heavy atom. The first-order chi connectivity index (χ1) is 5.66. The minimum absolute atomic E-state index is 0.652. The lowest BCUT2D eigenvalue weighted by Gasteiger charge is -2.08. The highest BCUT2D eigenvalue weighted by molar-refractivity contribution is 5.56. The lowest BCUT2D eigenvalue weighted by molar-refractivity contribution is 0.319. The Hall–Kier alpha value is -0.530. The second-order valence-electron chi connectivity index (χ2n) is 3.96. The number of hydrogen-bond acceptors (Lipinski definition) is 2. The number of nitrogens with zero attached hydrogens (tertiary/aromatic N) is 1. The van der Waals surface area contributed by atoms with Gasteiger partial charge in [0.25, 0.3) is 0 Å². The van der Waals surface area contributed by atoms with Gasteiger partial charge in [0.1, 0.15) is 0 Å². The van der Waals surface area contributed by atoms with Crippen molar-refractivity contribution in [3.63, 3.8) is 0 Å². The molecule has 0 aromatic carbocycles. The van der Waals surface area contributed by atoms with E-state index in [-0.39, 0.29) is 0 Å². The molecule has 0 unspecified atom stereocenters. The molecule has 72 valence electrons. The van der Waals surface area contributed by atoms with Crippen molar-refractivity contribution in [2.75, 3.05) is 0 Å². The van der Waals surface area contributed by atoms with E-state index in [1.807, 2.05) is 0 Å². The Balaban J connectivity index is 3.25. The first-order valence-corrected chi connectivity index (χ1v) is 4.82. The van der Waals surface area contributed by atoms with Crippen molar-refractivity contribution in [1.29, 1.82) is 0 Å². The topological polar surface area (TPSA) is 32.6 Å². The molecule has 0 saturated carbocycles. The van der Waals surface area contributed by atoms with Crippen molar-refractivity contribution >= 4 is 6.21 Å². The SMILES string of the molecule is CC(C)CCC[C@@H](C)C/C=N/O. The Labute approximate surface area is 75.7 Å². The maximum atomic E-state index is 8.20. The molecule has 0 aromatic rings. The second kappa shape index (κ2) is 7.14. The van der Waals surface area contributed by atoms with Crippen molar-refractivity contribution < 1.29 is 5.21 Å². The monoisotopic (exact) mass is 171 g/mol. The van der Waals surface area contributed by atoms with Crippen molar-refractivity contribution in [3.05, 3.63) is 0 Å². The molecule has 0 saturated heterocycles. The lowest BCUT2D eigenvalue weighted by Crippen LogP contribution is -1.97. The van der Waals surface area contributed by atoms with Gasteiger partial charge in [-0.2, -0.15) is 0 Å². The number of oxime groups is 1. The van der Waals surface area contributed by atoms with Crippen molar-refractivity contribution in [2.24, 2.45) is 17.0 Å². The predicted octanol–water partition coefficient (Wildman–Crippen LogP) is 3.30. The molecular formula is C10H21NO. The number of hydrogen-bond donors (Lipinski definition) is 1. The summed E-state index contributed by atoms with van der Waals surface area (Å²) in [5.74, 6) is 1.46. The predicted molar refractivity (Wildman–Crippen MR) is 52.7 cm³/mol. The Kier molecular flexibility index (Phi) is 6.82. The van der Waals surface area contributed by atoms with Crippen molar-refractivity contribution in [1.82, 2.24) is 0 Å². The highest BCUT2D eigenvalue weighted by Crippen LogP contribution is 2.13. The molecule has 2 nitrogen and oxygen atoms in total. The summed E-state index contributed by atoms with van der Waals surface area (Å²) in [7, 11) is 0. The van der Waals surface area contributed by atoms with Crippen LogP contribution in [0.2, 0.25) is 0 Å². The smallest absolute Gasteiger partial charge is 0.0438 e. The van der Waals surface area contributed by atoms with Crippen LogP contribution in [-0.4, -0.2) is 11.4 Å². The van der Waals surface area contributed by atoms with Gasteiger partial charge in [-0.3, -0.25) is 0 Å². The van der Waals surface area contributed by atoms with Gasteiger partial charge in [0.15, 0.2) is 0 Å². The minimum Gasteiger partial charge on any atom is -0.411 e. The molecule has 0 heterocycles. The van der Waals surface area contributed by atoms with E-state index in [2.05, 4.69) is 25.9 Å². The summed E-state index contributed by atoms with van der Waals surface area (Å²) in [6, 6.07) is 0. The summed E-state index contributed by atoms with van der Waals surface area (Å²) < 4.78 is 0. The molecule has 2 heteroatoms. The Morgan fingerprint density at radius 2 is 1.92 bits per heavy atom. The quantitative estimate of drug-likeness (QED) is 0.371. The second-order valence-corrected chi connectivity index (χ2v) is 3.96. The van der Waals surface area contributed by atoms with Crippen molar-refractivity contribution in [3.8, 4) is 0 Å². The van der Waals surface area contributed by atoms with E-state index in [0.29, 0.717) is 5.92 Å². The summed E-state index contributed by atoms with van der Waals surface area (Å²) in [6.07, 6.45) is 6.32. The van der Waals surface area contributed by atoms with E-state index < -0.39 is 0 Å². The van der Waals surface area contributed by atoms with Crippen LogP contribution in [-0.2, 0) is 0 Å². The summed E-state index contributed by atoms with van der Waals surface area (Å²) in [5.41, 5.74) is 0. The van der Waals surface area contributed by atoms with Gasteiger partial charge in [-0.05, 0) is 18.3 Å². The fourth-order valence-electron chi connectivity index (χ4n) is 1.22. The normalized spacial score (nSPS) is 14.3. The minimum atomic E-state index is 0.652. The summed E-state index contributed by atoms with van der Waals surface area (Å²) in [5, 5.41) is 11.2. The van der Waals surface area contributed by atoms with Crippen LogP contribution in [0.4, 0.5) is 0 Å². The van der Waals surface area contributed by atoms with Gasteiger partial charge >= 0.3 is 0 Å². The molecule has 0 fully saturated rings. The van der Waals surface area contributed by atoms with Crippen LogP contribution in [0.15, 0.2) is 5.16 Å². The molecule has 0 aliphatic rings. The third-order valence-electron chi connectivity index (χ3n) is 2.07. The zero-order valence-corrected chi connectivity index (χ0v) is 8.45. The van der Waals surface area contributed by atoms with Crippen LogP contribution in [0.25, 0.3) is 0 Å². The highest BCUT2D eigenvalue weighted by atomic mass is 16.4. The van der Waals surface area contributed by atoms with Crippen LogP contribution in [0.3, 0.4) is 0 Å². The third kappa shape index (κ3) is 7.58. The first-order valence-electron chi connectivity index (χ1n) is 4.82. The van der Waals surface area contributed by atoms with Gasteiger partial charge in [-0.15, -0.1) is 5.16 Å². The lowest BCUT2D eigenvalue weighted by atomic mass is 9.98. The van der Waals surface area contributed by atoms with E-state index in [1.54, 1.807) is 6.21 Å². The zero-order chi connectivity index (χ0) is 9.40. The van der Waals surface area contributed by atoms with Gasteiger partial charge in [0.2, 0.25) is 0 Å². The molecule has 0 aliphatic carbocycles. The Morgan fingerprint density at radius 3 is 2.42 bits per heavy atom. The maximum Gasteiger partial charge on any atom is 0.0438 e. The van der Waals surface area contributed by atoms with Gasteiger partial charge in [-0.1, -0.05) is 40.0 Å². The van der Waals surface area contributed by atoms with E-state index >= 15 is 0 Å². The first kappa shape index (κ1) is 11.5. The molecule has 0 aliphatic heterocycles.